The highest BCUT2D eigenvalue weighted by molar-refractivity contribution is 6.30. The fourth-order valence-corrected chi connectivity index (χ4v) is 2.46. The molecule has 1 aromatic carbocycles. The molecule has 1 saturated carbocycles. The van der Waals surface area contributed by atoms with Crippen LogP contribution in [0.1, 0.15) is 23.3 Å². The number of amides is 1. The summed E-state index contributed by atoms with van der Waals surface area (Å²) in [4.78, 5) is 12.1. The van der Waals surface area contributed by atoms with Gasteiger partial charge in [-0.1, -0.05) is 28.9 Å². The Morgan fingerprint density at radius 3 is 2.86 bits per heavy atom. The molecule has 1 aliphatic rings. The van der Waals surface area contributed by atoms with Crippen molar-refractivity contribution in [2.24, 2.45) is 11.7 Å². The van der Waals surface area contributed by atoms with Crippen LogP contribution in [-0.2, 0) is 0 Å². The molecule has 22 heavy (non-hydrogen) atoms. The summed E-state index contributed by atoms with van der Waals surface area (Å²) in [5, 5.41) is 7.33. The van der Waals surface area contributed by atoms with Crippen molar-refractivity contribution >= 4 is 29.9 Å². The average Bonchev–Trinajstić information content (AvgIpc) is 3.20. The maximum atomic E-state index is 12.1. The van der Waals surface area contributed by atoms with Gasteiger partial charge in [0.05, 0.1) is 0 Å². The second kappa shape index (κ2) is 7.13. The van der Waals surface area contributed by atoms with Gasteiger partial charge >= 0.3 is 0 Å². The number of carbonyl (C=O) groups excluding carboxylic acids is 1. The van der Waals surface area contributed by atoms with E-state index in [-0.39, 0.29) is 30.0 Å². The number of hydrogen-bond acceptors (Lipinski definition) is 4. The van der Waals surface area contributed by atoms with Crippen molar-refractivity contribution in [2.75, 3.05) is 6.54 Å². The molecule has 1 aliphatic carbocycles. The lowest BCUT2D eigenvalue weighted by molar-refractivity contribution is 0.0924. The monoisotopic (exact) mass is 341 g/mol. The van der Waals surface area contributed by atoms with Crippen LogP contribution in [0.3, 0.4) is 0 Å². The molecule has 0 aliphatic heterocycles. The molecule has 1 heterocycles. The first-order valence-electron chi connectivity index (χ1n) is 6.91. The van der Waals surface area contributed by atoms with Crippen molar-refractivity contribution in [3.05, 3.63) is 41.0 Å². The summed E-state index contributed by atoms with van der Waals surface area (Å²) in [6.45, 7) is 0.440. The fraction of sp³-hybridized carbons (Fsp3) is 0.333. The van der Waals surface area contributed by atoms with E-state index in [1.165, 1.54) is 0 Å². The lowest BCUT2D eigenvalue weighted by Gasteiger charge is -2.14. The molecule has 0 radical (unpaired) electrons. The average molecular weight is 342 g/mol. The number of benzene rings is 1. The van der Waals surface area contributed by atoms with Crippen molar-refractivity contribution in [1.82, 2.24) is 10.5 Å². The van der Waals surface area contributed by atoms with Gasteiger partial charge in [-0.3, -0.25) is 4.79 Å². The van der Waals surface area contributed by atoms with Gasteiger partial charge in [0, 0.05) is 29.2 Å². The molecule has 1 fully saturated rings. The van der Waals surface area contributed by atoms with Gasteiger partial charge in [-0.25, -0.2) is 0 Å². The summed E-state index contributed by atoms with van der Waals surface area (Å²) in [6.07, 6.45) is 2.24. The van der Waals surface area contributed by atoms with E-state index < -0.39 is 0 Å². The van der Waals surface area contributed by atoms with E-state index in [1.54, 1.807) is 18.2 Å². The highest BCUT2D eigenvalue weighted by Crippen LogP contribution is 2.32. The molecule has 3 rings (SSSR count). The van der Waals surface area contributed by atoms with Crippen LogP contribution in [0.5, 0.6) is 0 Å². The van der Waals surface area contributed by atoms with E-state index in [0.29, 0.717) is 23.2 Å². The van der Waals surface area contributed by atoms with Gasteiger partial charge in [-0.2, -0.15) is 0 Å². The number of rotatable bonds is 5. The first-order valence-corrected chi connectivity index (χ1v) is 7.29. The third-order valence-corrected chi connectivity index (χ3v) is 3.85. The topological polar surface area (TPSA) is 81.1 Å². The summed E-state index contributed by atoms with van der Waals surface area (Å²) in [5.74, 6) is 0.756. The smallest absolute Gasteiger partial charge is 0.273 e. The van der Waals surface area contributed by atoms with Crippen LogP contribution in [0, 0.1) is 5.92 Å². The van der Waals surface area contributed by atoms with Crippen LogP contribution in [0.25, 0.3) is 11.3 Å². The Hall–Kier alpha value is -1.56. The van der Waals surface area contributed by atoms with Gasteiger partial charge in [0.1, 0.15) is 0 Å². The third kappa shape index (κ3) is 3.80. The normalized spacial score (nSPS) is 15.0. The number of aromatic nitrogens is 1. The lowest BCUT2D eigenvalue weighted by Crippen LogP contribution is -2.41. The summed E-state index contributed by atoms with van der Waals surface area (Å²) in [5.41, 5.74) is 6.72. The standard InChI is InChI=1S/C15H16ClN3O2.ClH/c16-11-3-1-2-10(6-11)14-7-12(19-21-14)15(20)18-13(8-17)9-4-5-9;/h1-3,6-7,9,13H,4-5,8,17H2,(H,18,20);1H. The molecule has 2 aromatic rings. The molecule has 5 nitrogen and oxygen atoms in total. The number of halogens is 2. The molecule has 0 bridgehead atoms. The lowest BCUT2D eigenvalue weighted by atomic mass is 10.1. The second-order valence-corrected chi connectivity index (χ2v) is 5.68. The molecule has 3 N–H and O–H groups in total. The number of nitrogens with two attached hydrogens (primary N) is 1. The minimum Gasteiger partial charge on any atom is -0.355 e. The van der Waals surface area contributed by atoms with Gasteiger partial charge in [0.25, 0.3) is 5.91 Å². The third-order valence-electron chi connectivity index (χ3n) is 3.61. The zero-order chi connectivity index (χ0) is 14.8. The first kappa shape index (κ1) is 16.8. The van der Waals surface area contributed by atoms with Crippen LogP contribution >= 0.6 is 24.0 Å². The van der Waals surface area contributed by atoms with E-state index in [1.807, 2.05) is 12.1 Å². The van der Waals surface area contributed by atoms with Gasteiger partial charge < -0.3 is 15.6 Å². The molecular formula is C15H17Cl2N3O2. The molecule has 118 valence electrons. The maximum absolute atomic E-state index is 12.1. The van der Waals surface area contributed by atoms with Gasteiger partial charge in [-0.15, -0.1) is 12.4 Å². The minimum atomic E-state index is -0.255. The highest BCUT2D eigenvalue weighted by atomic mass is 35.5. The summed E-state index contributed by atoms with van der Waals surface area (Å²) in [7, 11) is 0. The minimum absolute atomic E-state index is 0. The molecule has 0 saturated heterocycles. The SMILES string of the molecule is Cl.NCC(NC(=O)c1cc(-c2cccc(Cl)c2)on1)C1CC1. The van der Waals surface area contributed by atoms with Crippen LogP contribution in [0.15, 0.2) is 34.9 Å². The van der Waals surface area contributed by atoms with Gasteiger partial charge in [-0.05, 0) is 30.9 Å². The molecule has 1 unspecified atom stereocenters. The molecule has 0 spiro atoms. The fourth-order valence-electron chi connectivity index (χ4n) is 2.27. The molecule has 1 amide bonds. The zero-order valence-corrected chi connectivity index (χ0v) is 13.4. The Morgan fingerprint density at radius 1 is 1.45 bits per heavy atom. The quantitative estimate of drug-likeness (QED) is 0.875. The van der Waals surface area contributed by atoms with Gasteiger partial charge in [0.15, 0.2) is 11.5 Å². The van der Waals surface area contributed by atoms with Crippen LogP contribution in [0.2, 0.25) is 5.02 Å². The number of carbonyl (C=O) groups is 1. The molecule has 7 heteroatoms. The zero-order valence-electron chi connectivity index (χ0n) is 11.8. The highest BCUT2D eigenvalue weighted by Gasteiger charge is 2.31. The molecular weight excluding hydrogens is 325 g/mol. The Kier molecular flexibility index (Phi) is 5.45. The van der Waals surface area contributed by atoms with E-state index in [4.69, 9.17) is 21.9 Å². The Labute approximate surface area is 139 Å². The Balaban J connectivity index is 0.00000176. The molecule has 1 aromatic heterocycles. The first-order chi connectivity index (χ1) is 10.2. The van der Waals surface area contributed by atoms with Crippen molar-refractivity contribution in [1.29, 1.82) is 0 Å². The maximum Gasteiger partial charge on any atom is 0.273 e. The summed E-state index contributed by atoms with van der Waals surface area (Å²) >= 11 is 5.94. The van der Waals surface area contributed by atoms with Gasteiger partial charge in [0.2, 0.25) is 0 Å². The van der Waals surface area contributed by atoms with Crippen molar-refractivity contribution in [2.45, 2.75) is 18.9 Å². The van der Waals surface area contributed by atoms with Crippen LogP contribution in [0.4, 0.5) is 0 Å². The summed E-state index contributed by atoms with van der Waals surface area (Å²) < 4.78 is 5.22. The Morgan fingerprint density at radius 2 is 2.23 bits per heavy atom. The molecule has 1 atom stereocenters. The van der Waals surface area contributed by atoms with Crippen LogP contribution < -0.4 is 11.1 Å². The summed E-state index contributed by atoms with van der Waals surface area (Å²) in [6, 6.07) is 8.83. The van der Waals surface area contributed by atoms with Crippen molar-refractivity contribution < 1.29 is 9.32 Å². The van der Waals surface area contributed by atoms with E-state index in [9.17, 15) is 4.79 Å². The van der Waals surface area contributed by atoms with E-state index in [2.05, 4.69) is 10.5 Å². The van der Waals surface area contributed by atoms with E-state index in [0.717, 1.165) is 18.4 Å². The Bertz CT molecular complexity index is 656. The number of hydrogen-bond donors (Lipinski definition) is 2. The van der Waals surface area contributed by atoms with Crippen molar-refractivity contribution in [3.8, 4) is 11.3 Å². The number of nitrogens with zero attached hydrogens (tertiary/aromatic N) is 1. The predicted octanol–water partition coefficient (Wildman–Crippen LogP) is 2.88. The largest absolute Gasteiger partial charge is 0.355 e. The van der Waals surface area contributed by atoms with Crippen LogP contribution in [-0.4, -0.2) is 23.7 Å². The predicted molar refractivity (Wildman–Crippen MR) is 87.2 cm³/mol. The van der Waals surface area contributed by atoms with E-state index >= 15 is 0 Å². The van der Waals surface area contributed by atoms with Crippen molar-refractivity contribution in [3.63, 3.8) is 0 Å². The number of nitrogens with one attached hydrogen (secondary N) is 1. The second-order valence-electron chi connectivity index (χ2n) is 5.24.